The monoisotopic (exact) mass is 464 g/mol. The van der Waals surface area contributed by atoms with E-state index >= 15 is 0 Å². The molecule has 9 heteroatoms. The van der Waals surface area contributed by atoms with Crippen molar-refractivity contribution in [2.75, 3.05) is 26.6 Å². The Hall–Kier alpha value is -3.56. The zero-order chi connectivity index (χ0) is 22.9. The number of aromatic nitrogens is 3. The van der Waals surface area contributed by atoms with Gasteiger partial charge in [0.05, 0.1) is 19.9 Å². The van der Waals surface area contributed by atoms with Crippen LogP contribution in [-0.4, -0.2) is 48.0 Å². The second-order valence-corrected chi connectivity index (χ2v) is 7.98. The molecular formula is C24H24N4O4S. The minimum Gasteiger partial charge on any atom is -0.496 e. The lowest BCUT2D eigenvalue weighted by Crippen LogP contribution is -1.93. The van der Waals surface area contributed by atoms with Gasteiger partial charge in [-0.2, -0.15) is 4.98 Å². The molecule has 1 N–H and O–H groups in total. The van der Waals surface area contributed by atoms with Crippen LogP contribution in [0.4, 0.5) is 0 Å². The molecule has 4 aromatic rings. The lowest BCUT2D eigenvalue weighted by molar-refractivity contribution is 0.132. The number of nitrogens with zero attached hydrogens (tertiary/aromatic N) is 3. The van der Waals surface area contributed by atoms with Crippen LogP contribution >= 0.6 is 11.8 Å². The van der Waals surface area contributed by atoms with Crippen LogP contribution in [0.3, 0.4) is 0 Å². The molecule has 0 saturated heterocycles. The Bertz CT molecular complexity index is 1190. The fourth-order valence-electron chi connectivity index (χ4n) is 3.03. The molecule has 2 aromatic carbocycles. The Labute approximate surface area is 196 Å². The van der Waals surface area contributed by atoms with E-state index in [1.54, 1.807) is 20.4 Å². The molecule has 0 aliphatic heterocycles. The van der Waals surface area contributed by atoms with E-state index in [0.717, 1.165) is 22.4 Å². The number of aromatic amines is 1. The number of rotatable bonds is 11. The number of hydrogen-bond acceptors (Lipinski definition) is 8. The molecular weight excluding hydrogens is 440 g/mol. The van der Waals surface area contributed by atoms with Crippen molar-refractivity contribution in [1.82, 2.24) is 15.2 Å². The number of benzene rings is 2. The molecule has 0 atom stereocenters. The number of thioether (sulfide) groups is 1. The van der Waals surface area contributed by atoms with Crippen molar-refractivity contribution in [3.63, 3.8) is 0 Å². The average Bonchev–Trinajstić information content (AvgIpc) is 3.53. The molecule has 0 aliphatic rings. The quantitative estimate of drug-likeness (QED) is 0.144. The predicted molar refractivity (Wildman–Crippen MR) is 127 cm³/mol. The van der Waals surface area contributed by atoms with E-state index in [1.165, 1.54) is 11.8 Å². The molecule has 2 heterocycles. The number of methoxy groups -OCH3 is 2. The van der Waals surface area contributed by atoms with Crippen molar-refractivity contribution in [2.45, 2.75) is 11.8 Å². The summed E-state index contributed by atoms with van der Waals surface area (Å²) in [5.74, 6) is 3.34. The van der Waals surface area contributed by atoms with Gasteiger partial charge in [-0.25, -0.2) is 0 Å². The SMILES string of the molecule is COCCSc1n[nH]c(-c2ccc(-c3ccc(OC)c(C=NOCc4ccccc4)c3)o2)n1. The standard InChI is InChI=1S/C24H24N4O4S/c1-29-12-13-33-24-26-23(27-28-24)22-11-10-21(32-22)18-8-9-20(30-2)19(14-18)15-25-31-16-17-6-4-3-5-7-17/h3-11,14-15H,12-13,16H2,1-2H3,(H,26,27,28). The second-order valence-electron chi connectivity index (χ2n) is 6.92. The number of ether oxygens (including phenoxy) is 2. The molecule has 0 unspecified atom stereocenters. The normalized spacial score (nSPS) is 11.2. The Kier molecular flexibility index (Phi) is 7.78. The second kappa shape index (κ2) is 11.3. The fraction of sp³-hybridized carbons (Fsp3) is 0.208. The number of hydrogen-bond donors (Lipinski definition) is 1. The van der Waals surface area contributed by atoms with Gasteiger partial charge in [0, 0.05) is 24.0 Å². The summed E-state index contributed by atoms with van der Waals surface area (Å²) in [4.78, 5) is 9.90. The zero-order valence-electron chi connectivity index (χ0n) is 18.4. The number of nitrogens with one attached hydrogen (secondary N) is 1. The van der Waals surface area contributed by atoms with Crippen LogP contribution in [-0.2, 0) is 16.2 Å². The van der Waals surface area contributed by atoms with Gasteiger partial charge in [0.25, 0.3) is 0 Å². The third kappa shape index (κ3) is 6.03. The molecule has 0 aliphatic carbocycles. The fourth-order valence-corrected chi connectivity index (χ4v) is 3.72. The molecule has 0 amide bonds. The summed E-state index contributed by atoms with van der Waals surface area (Å²) in [6, 6.07) is 19.4. The first-order chi connectivity index (χ1) is 16.3. The Morgan fingerprint density at radius 3 is 2.73 bits per heavy atom. The van der Waals surface area contributed by atoms with Crippen molar-refractivity contribution < 1.29 is 18.7 Å². The molecule has 8 nitrogen and oxygen atoms in total. The summed E-state index contributed by atoms with van der Waals surface area (Å²) in [5, 5.41) is 11.9. The van der Waals surface area contributed by atoms with Gasteiger partial charge in [0.15, 0.2) is 11.6 Å². The van der Waals surface area contributed by atoms with Crippen LogP contribution in [0.5, 0.6) is 5.75 Å². The molecule has 0 fully saturated rings. The Morgan fingerprint density at radius 2 is 1.91 bits per heavy atom. The summed E-state index contributed by atoms with van der Waals surface area (Å²) in [6.45, 7) is 1.03. The number of H-pyrrole nitrogens is 1. The average molecular weight is 465 g/mol. The third-order valence-electron chi connectivity index (χ3n) is 4.68. The maximum atomic E-state index is 6.02. The van der Waals surface area contributed by atoms with Gasteiger partial charge in [0.1, 0.15) is 18.1 Å². The van der Waals surface area contributed by atoms with Crippen molar-refractivity contribution in [3.8, 4) is 28.7 Å². The topological polar surface area (TPSA) is 94.8 Å². The Morgan fingerprint density at radius 1 is 1.06 bits per heavy atom. The lowest BCUT2D eigenvalue weighted by atomic mass is 10.1. The first-order valence-corrected chi connectivity index (χ1v) is 11.3. The minimum atomic E-state index is 0.393. The maximum absolute atomic E-state index is 6.02. The highest BCUT2D eigenvalue weighted by Crippen LogP contribution is 2.30. The first kappa shape index (κ1) is 22.6. The zero-order valence-corrected chi connectivity index (χ0v) is 19.2. The molecule has 0 saturated carbocycles. The van der Waals surface area contributed by atoms with Gasteiger partial charge in [-0.05, 0) is 35.9 Å². The molecule has 170 valence electrons. The molecule has 0 radical (unpaired) electrons. The van der Waals surface area contributed by atoms with Gasteiger partial charge in [-0.15, -0.1) is 5.10 Å². The minimum absolute atomic E-state index is 0.393. The summed E-state index contributed by atoms with van der Waals surface area (Å²) >= 11 is 1.52. The van der Waals surface area contributed by atoms with Gasteiger partial charge < -0.3 is 18.7 Å². The van der Waals surface area contributed by atoms with Crippen LogP contribution in [0.15, 0.2) is 75.4 Å². The van der Waals surface area contributed by atoms with Crippen LogP contribution in [0.2, 0.25) is 0 Å². The number of oxime groups is 1. The molecule has 4 rings (SSSR count). The lowest BCUT2D eigenvalue weighted by Gasteiger charge is -2.06. The van der Waals surface area contributed by atoms with Crippen LogP contribution in [0.25, 0.3) is 22.9 Å². The molecule has 2 aromatic heterocycles. The third-order valence-corrected chi connectivity index (χ3v) is 5.49. The number of furan rings is 1. The summed E-state index contributed by atoms with van der Waals surface area (Å²) in [5.41, 5.74) is 2.70. The highest BCUT2D eigenvalue weighted by atomic mass is 32.2. The van der Waals surface area contributed by atoms with Crippen molar-refractivity contribution in [1.29, 1.82) is 0 Å². The van der Waals surface area contributed by atoms with Crippen molar-refractivity contribution in [3.05, 3.63) is 71.8 Å². The highest BCUT2D eigenvalue weighted by molar-refractivity contribution is 7.99. The summed E-state index contributed by atoms with van der Waals surface area (Å²) in [6.07, 6.45) is 1.63. The van der Waals surface area contributed by atoms with Crippen molar-refractivity contribution in [2.24, 2.45) is 5.16 Å². The van der Waals surface area contributed by atoms with E-state index in [0.29, 0.717) is 41.5 Å². The highest BCUT2D eigenvalue weighted by Gasteiger charge is 2.13. The first-order valence-electron chi connectivity index (χ1n) is 10.3. The van der Waals surface area contributed by atoms with Crippen molar-refractivity contribution >= 4 is 18.0 Å². The van der Waals surface area contributed by atoms with E-state index in [4.69, 9.17) is 18.7 Å². The molecule has 0 bridgehead atoms. The van der Waals surface area contributed by atoms with E-state index in [1.807, 2.05) is 60.7 Å². The van der Waals surface area contributed by atoms with Gasteiger partial charge in [-0.3, -0.25) is 5.10 Å². The van der Waals surface area contributed by atoms with Gasteiger partial charge in [-0.1, -0.05) is 47.2 Å². The largest absolute Gasteiger partial charge is 0.496 e. The summed E-state index contributed by atoms with van der Waals surface area (Å²) in [7, 11) is 3.29. The van der Waals surface area contributed by atoms with E-state index in [9.17, 15) is 0 Å². The smallest absolute Gasteiger partial charge is 0.208 e. The molecule has 33 heavy (non-hydrogen) atoms. The Balaban J connectivity index is 1.46. The maximum Gasteiger partial charge on any atom is 0.208 e. The van der Waals surface area contributed by atoms with Gasteiger partial charge in [0.2, 0.25) is 5.16 Å². The molecule has 0 spiro atoms. The van der Waals surface area contributed by atoms with Crippen LogP contribution in [0.1, 0.15) is 11.1 Å². The van der Waals surface area contributed by atoms with Gasteiger partial charge >= 0.3 is 0 Å². The van der Waals surface area contributed by atoms with E-state index < -0.39 is 0 Å². The van der Waals surface area contributed by atoms with E-state index in [2.05, 4.69) is 20.3 Å². The van der Waals surface area contributed by atoms with Crippen LogP contribution < -0.4 is 4.74 Å². The predicted octanol–water partition coefficient (Wildman–Crippen LogP) is 5.03. The van der Waals surface area contributed by atoms with Crippen LogP contribution in [0, 0.1) is 0 Å². The van der Waals surface area contributed by atoms with E-state index in [-0.39, 0.29) is 0 Å². The summed E-state index contributed by atoms with van der Waals surface area (Å²) < 4.78 is 16.5.